The molecule has 0 aliphatic rings. The molecule has 0 saturated carbocycles. The number of carbonyl (C=O) groups excluding carboxylic acids is 1. The van der Waals surface area contributed by atoms with E-state index in [1.807, 2.05) is 36.4 Å². The summed E-state index contributed by atoms with van der Waals surface area (Å²) in [7, 11) is 4.72. The van der Waals surface area contributed by atoms with Crippen LogP contribution in [0.1, 0.15) is 24.5 Å². The van der Waals surface area contributed by atoms with Crippen molar-refractivity contribution in [3.63, 3.8) is 0 Å². The molecule has 1 amide bonds. The SMILES string of the molecule is CCNCc1ccccc1NC(=O)CCc1cc(OC)c(OC)c(OC)c1. The summed E-state index contributed by atoms with van der Waals surface area (Å²) in [5.74, 6) is 1.68. The Labute approximate surface area is 160 Å². The van der Waals surface area contributed by atoms with Crippen LogP contribution in [-0.4, -0.2) is 33.8 Å². The second kappa shape index (κ2) is 10.4. The first kappa shape index (κ1) is 20.6. The van der Waals surface area contributed by atoms with E-state index in [9.17, 15) is 4.79 Å². The fourth-order valence-corrected chi connectivity index (χ4v) is 2.81. The Morgan fingerprint density at radius 3 is 2.26 bits per heavy atom. The van der Waals surface area contributed by atoms with E-state index in [4.69, 9.17) is 14.2 Å². The Morgan fingerprint density at radius 2 is 1.67 bits per heavy atom. The quantitative estimate of drug-likeness (QED) is 0.669. The number of anilines is 1. The van der Waals surface area contributed by atoms with Crippen molar-refractivity contribution in [3.05, 3.63) is 47.5 Å². The average Bonchev–Trinajstić information content (AvgIpc) is 2.70. The van der Waals surface area contributed by atoms with Gasteiger partial charge < -0.3 is 24.8 Å². The van der Waals surface area contributed by atoms with E-state index in [-0.39, 0.29) is 5.91 Å². The monoisotopic (exact) mass is 372 g/mol. The summed E-state index contributed by atoms with van der Waals surface area (Å²) in [6, 6.07) is 11.6. The van der Waals surface area contributed by atoms with Gasteiger partial charge in [0.1, 0.15) is 0 Å². The Kier molecular flexibility index (Phi) is 7.95. The third-order valence-electron chi connectivity index (χ3n) is 4.22. The molecule has 0 unspecified atom stereocenters. The van der Waals surface area contributed by atoms with Crippen LogP contribution in [0.5, 0.6) is 17.2 Å². The maximum atomic E-state index is 12.4. The standard InChI is InChI=1S/C21H28N2O4/c1-5-22-14-16-8-6-7-9-17(16)23-20(24)11-10-15-12-18(25-2)21(27-4)19(13-15)26-3/h6-9,12-13,22H,5,10-11,14H2,1-4H3,(H,23,24). The largest absolute Gasteiger partial charge is 0.493 e. The molecule has 0 aromatic heterocycles. The van der Waals surface area contributed by atoms with Gasteiger partial charge in [0.05, 0.1) is 21.3 Å². The normalized spacial score (nSPS) is 10.4. The van der Waals surface area contributed by atoms with Crippen LogP contribution in [0.15, 0.2) is 36.4 Å². The van der Waals surface area contributed by atoms with Crippen molar-refractivity contribution < 1.29 is 19.0 Å². The average molecular weight is 372 g/mol. The van der Waals surface area contributed by atoms with Crippen molar-refractivity contribution in [2.45, 2.75) is 26.3 Å². The zero-order chi connectivity index (χ0) is 19.6. The maximum Gasteiger partial charge on any atom is 0.224 e. The molecule has 2 N–H and O–H groups in total. The van der Waals surface area contributed by atoms with E-state index in [2.05, 4.69) is 17.6 Å². The Bertz CT molecular complexity index is 737. The van der Waals surface area contributed by atoms with Crippen molar-refractivity contribution in [2.24, 2.45) is 0 Å². The van der Waals surface area contributed by atoms with Crippen LogP contribution in [0.2, 0.25) is 0 Å². The van der Waals surface area contributed by atoms with Gasteiger partial charge in [0.15, 0.2) is 11.5 Å². The van der Waals surface area contributed by atoms with Crippen molar-refractivity contribution >= 4 is 11.6 Å². The predicted molar refractivity (Wildman–Crippen MR) is 107 cm³/mol. The highest BCUT2D eigenvalue weighted by Crippen LogP contribution is 2.38. The summed E-state index contributed by atoms with van der Waals surface area (Å²) in [6.07, 6.45) is 0.923. The summed E-state index contributed by atoms with van der Waals surface area (Å²) < 4.78 is 16.1. The number of rotatable bonds is 10. The van der Waals surface area contributed by atoms with Gasteiger partial charge >= 0.3 is 0 Å². The minimum atomic E-state index is -0.0345. The zero-order valence-corrected chi connectivity index (χ0v) is 16.4. The minimum Gasteiger partial charge on any atom is -0.493 e. The second-order valence-corrected chi connectivity index (χ2v) is 6.02. The molecule has 0 aliphatic heterocycles. The highest BCUT2D eigenvalue weighted by atomic mass is 16.5. The lowest BCUT2D eigenvalue weighted by Gasteiger charge is -2.14. The van der Waals surface area contributed by atoms with E-state index in [1.54, 1.807) is 21.3 Å². The molecular weight excluding hydrogens is 344 g/mol. The number of benzene rings is 2. The number of carbonyl (C=O) groups is 1. The van der Waals surface area contributed by atoms with Gasteiger partial charge in [-0.05, 0) is 42.3 Å². The van der Waals surface area contributed by atoms with Gasteiger partial charge in [0.2, 0.25) is 11.7 Å². The molecule has 0 radical (unpaired) electrons. The molecule has 0 heterocycles. The first-order chi connectivity index (χ1) is 13.1. The van der Waals surface area contributed by atoms with Gasteiger partial charge in [0, 0.05) is 18.7 Å². The number of amides is 1. The molecule has 0 bridgehead atoms. The molecule has 2 aromatic carbocycles. The highest BCUT2D eigenvalue weighted by Gasteiger charge is 2.14. The fourth-order valence-electron chi connectivity index (χ4n) is 2.81. The third-order valence-corrected chi connectivity index (χ3v) is 4.22. The third kappa shape index (κ3) is 5.62. The molecule has 0 aliphatic carbocycles. The van der Waals surface area contributed by atoms with E-state index in [0.29, 0.717) is 30.1 Å². The molecule has 6 nitrogen and oxygen atoms in total. The molecule has 0 spiro atoms. The Hall–Kier alpha value is -2.73. The summed E-state index contributed by atoms with van der Waals surface area (Å²) in [6.45, 7) is 3.65. The molecule has 6 heteroatoms. The van der Waals surface area contributed by atoms with E-state index >= 15 is 0 Å². The van der Waals surface area contributed by atoms with Gasteiger partial charge in [-0.3, -0.25) is 4.79 Å². The Morgan fingerprint density at radius 1 is 1.00 bits per heavy atom. The van der Waals surface area contributed by atoms with Gasteiger partial charge in [-0.2, -0.15) is 0 Å². The molecule has 2 aromatic rings. The van der Waals surface area contributed by atoms with Crippen LogP contribution in [0.4, 0.5) is 5.69 Å². The fraction of sp³-hybridized carbons (Fsp3) is 0.381. The van der Waals surface area contributed by atoms with E-state index in [1.165, 1.54) is 0 Å². The molecular formula is C21H28N2O4. The number of ether oxygens (including phenoxy) is 3. The van der Waals surface area contributed by atoms with Gasteiger partial charge in [-0.25, -0.2) is 0 Å². The van der Waals surface area contributed by atoms with E-state index in [0.717, 1.165) is 29.9 Å². The molecule has 2 rings (SSSR count). The first-order valence-electron chi connectivity index (χ1n) is 9.00. The number of para-hydroxylation sites is 1. The molecule has 0 atom stereocenters. The summed E-state index contributed by atoms with van der Waals surface area (Å²) in [5.41, 5.74) is 2.86. The number of hydrogen-bond acceptors (Lipinski definition) is 5. The number of nitrogens with one attached hydrogen (secondary N) is 2. The topological polar surface area (TPSA) is 68.8 Å². The van der Waals surface area contributed by atoms with Crippen LogP contribution in [0.25, 0.3) is 0 Å². The smallest absolute Gasteiger partial charge is 0.224 e. The first-order valence-corrected chi connectivity index (χ1v) is 9.00. The van der Waals surface area contributed by atoms with Crippen molar-refractivity contribution in [1.82, 2.24) is 5.32 Å². The maximum absolute atomic E-state index is 12.4. The van der Waals surface area contributed by atoms with Crippen LogP contribution in [0, 0.1) is 0 Å². The number of hydrogen-bond donors (Lipinski definition) is 2. The summed E-state index contributed by atoms with van der Waals surface area (Å²) >= 11 is 0. The zero-order valence-electron chi connectivity index (χ0n) is 16.4. The second-order valence-electron chi connectivity index (χ2n) is 6.02. The molecule has 146 valence electrons. The summed E-state index contributed by atoms with van der Waals surface area (Å²) in [5, 5.41) is 6.28. The summed E-state index contributed by atoms with van der Waals surface area (Å²) in [4.78, 5) is 12.4. The predicted octanol–water partition coefficient (Wildman–Crippen LogP) is 3.39. The van der Waals surface area contributed by atoms with Crippen molar-refractivity contribution in [2.75, 3.05) is 33.2 Å². The minimum absolute atomic E-state index is 0.0345. The number of aryl methyl sites for hydroxylation is 1. The van der Waals surface area contributed by atoms with Crippen molar-refractivity contribution in [3.8, 4) is 17.2 Å². The highest BCUT2D eigenvalue weighted by molar-refractivity contribution is 5.91. The van der Waals surface area contributed by atoms with Crippen LogP contribution in [0.3, 0.4) is 0 Å². The lowest BCUT2D eigenvalue weighted by molar-refractivity contribution is -0.116. The van der Waals surface area contributed by atoms with Crippen LogP contribution < -0.4 is 24.8 Å². The molecule has 0 saturated heterocycles. The van der Waals surface area contributed by atoms with Gasteiger partial charge in [-0.15, -0.1) is 0 Å². The lowest BCUT2D eigenvalue weighted by atomic mass is 10.1. The lowest BCUT2D eigenvalue weighted by Crippen LogP contribution is -2.17. The number of methoxy groups -OCH3 is 3. The van der Waals surface area contributed by atoms with Gasteiger partial charge in [0.25, 0.3) is 0 Å². The van der Waals surface area contributed by atoms with Gasteiger partial charge in [-0.1, -0.05) is 25.1 Å². The van der Waals surface area contributed by atoms with E-state index < -0.39 is 0 Å². The Balaban J connectivity index is 2.04. The van der Waals surface area contributed by atoms with Crippen molar-refractivity contribution in [1.29, 1.82) is 0 Å². The molecule has 0 fully saturated rings. The molecule has 27 heavy (non-hydrogen) atoms. The van der Waals surface area contributed by atoms with Crippen LogP contribution >= 0.6 is 0 Å². The van der Waals surface area contributed by atoms with Crippen LogP contribution in [-0.2, 0) is 17.8 Å².